The third-order valence-corrected chi connectivity index (χ3v) is 6.33. The van der Waals surface area contributed by atoms with Gasteiger partial charge in [-0.15, -0.1) is 0 Å². The van der Waals surface area contributed by atoms with Crippen LogP contribution in [0.2, 0.25) is 0 Å². The van der Waals surface area contributed by atoms with Crippen LogP contribution in [0.1, 0.15) is 57.1 Å². The average Bonchev–Trinajstić information content (AvgIpc) is 3.23. The third-order valence-electron chi connectivity index (χ3n) is 6.33. The number of carbonyl (C=O) groups is 1. The minimum Gasteiger partial charge on any atom is -0.384 e. The zero-order valence-corrected chi connectivity index (χ0v) is 22.7. The molecular weight excluding hydrogens is 514 g/mol. The maximum atomic E-state index is 14.8. The lowest BCUT2D eigenvalue weighted by Gasteiger charge is -2.40. The molecule has 3 aromatic rings. The largest absolute Gasteiger partial charge is 0.384 e. The number of alkyl halides is 2. The van der Waals surface area contributed by atoms with Gasteiger partial charge in [0, 0.05) is 6.54 Å². The summed E-state index contributed by atoms with van der Waals surface area (Å²) in [5, 5.41) is 14.7. The van der Waals surface area contributed by atoms with Crippen molar-refractivity contribution < 1.29 is 27.5 Å². The molecule has 0 aliphatic heterocycles. The minimum atomic E-state index is -2.80. The molecule has 0 fully saturated rings. The van der Waals surface area contributed by atoms with Crippen LogP contribution in [0.4, 0.5) is 17.6 Å². The molecule has 0 unspecified atom stereocenters. The molecular formula is C28H35F4N5O2. The van der Waals surface area contributed by atoms with Crippen molar-refractivity contribution in [3.8, 4) is 11.4 Å². The Morgan fingerprint density at radius 3 is 2.44 bits per heavy atom. The topological polar surface area (TPSA) is 97.3 Å². The molecule has 2 aromatic carbocycles. The molecule has 1 aromatic heterocycles. The van der Waals surface area contributed by atoms with E-state index in [0.717, 1.165) is 29.3 Å². The number of nitrogens with zero attached hydrogens (tertiary/aromatic N) is 4. The first-order valence-corrected chi connectivity index (χ1v) is 12.7. The van der Waals surface area contributed by atoms with Gasteiger partial charge in [0.25, 0.3) is 12.3 Å². The highest BCUT2D eigenvalue weighted by atomic mass is 19.3. The van der Waals surface area contributed by atoms with Gasteiger partial charge in [-0.05, 0) is 49.4 Å². The molecule has 0 bridgehead atoms. The van der Waals surface area contributed by atoms with E-state index in [4.69, 9.17) is 5.73 Å². The number of nitrogens with two attached hydrogens (primary N) is 1. The highest BCUT2D eigenvalue weighted by molar-refractivity contribution is 5.80. The van der Waals surface area contributed by atoms with E-state index in [1.54, 1.807) is 0 Å². The maximum absolute atomic E-state index is 14.8. The molecule has 1 heterocycles. The second-order valence-electron chi connectivity index (χ2n) is 10.8. The van der Waals surface area contributed by atoms with Crippen LogP contribution in [0.3, 0.4) is 0 Å². The van der Waals surface area contributed by atoms with Gasteiger partial charge in [-0.2, -0.15) is 5.10 Å². The zero-order valence-electron chi connectivity index (χ0n) is 22.7. The number of aliphatic hydroxyl groups is 1. The summed E-state index contributed by atoms with van der Waals surface area (Å²) < 4.78 is 56.8. The summed E-state index contributed by atoms with van der Waals surface area (Å²) in [4.78, 5) is 19.1. The molecule has 3 rings (SSSR count). The number of rotatable bonds is 10. The second kappa shape index (κ2) is 12.3. The van der Waals surface area contributed by atoms with E-state index in [1.807, 2.05) is 52.0 Å². The Balaban J connectivity index is 2.22. The molecule has 0 saturated carbocycles. The van der Waals surface area contributed by atoms with Crippen LogP contribution in [0.25, 0.3) is 11.4 Å². The Bertz CT molecular complexity index is 1290. The SMILES string of the molecule is Cc1cccc(Cn2nc(-c3cc(F)ccc3F)nc2[C@H](N(CC[C@H](N)C(F)F)C(=O)[C@H](C)O)C(C)(C)C)c1. The lowest BCUT2D eigenvalue weighted by atomic mass is 9.84. The maximum Gasteiger partial charge on any atom is 0.253 e. The fourth-order valence-corrected chi connectivity index (χ4v) is 4.45. The van der Waals surface area contributed by atoms with Crippen molar-refractivity contribution in [3.05, 3.63) is 71.1 Å². The van der Waals surface area contributed by atoms with E-state index in [0.29, 0.717) is 0 Å². The quantitative estimate of drug-likeness (QED) is 0.352. The number of benzene rings is 2. The molecule has 3 N–H and O–H groups in total. The van der Waals surface area contributed by atoms with E-state index in [2.05, 4.69) is 10.1 Å². The van der Waals surface area contributed by atoms with Crippen molar-refractivity contribution in [2.45, 2.75) is 72.2 Å². The predicted molar refractivity (Wildman–Crippen MR) is 140 cm³/mol. The lowest BCUT2D eigenvalue weighted by molar-refractivity contribution is -0.145. The molecule has 11 heteroatoms. The summed E-state index contributed by atoms with van der Waals surface area (Å²) in [6, 6.07) is 8.14. The molecule has 3 atom stereocenters. The van der Waals surface area contributed by atoms with Crippen molar-refractivity contribution in [2.24, 2.45) is 11.1 Å². The van der Waals surface area contributed by atoms with E-state index < -0.39 is 47.6 Å². The highest BCUT2D eigenvalue weighted by Gasteiger charge is 2.40. The summed E-state index contributed by atoms with van der Waals surface area (Å²) in [6.07, 6.45) is -4.47. The van der Waals surface area contributed by atoms with Crippen LogP contribution in [0, 0.1) is 24.0 Å². The van der Waals surface area contributed by atoms with E-state index in [-0.39, 0.29) is 36.7 Å². The van der Waals surface area contributed by atoms with E-state index in [9.17, 15) is 27.5 Å². The monoisotopic (exact) mass is 549 g/mol. The van der Waals surface area contributed by atoms with E-state index in [1.165, 1.54) is 16.5 Å². The van der Waals surface area contributed by atoms with Crippen molar-refractivity contribution in [1.29, 1.82) is 0 Å². The Hall–Kier alpha value is -3.31. The van der Waals surface area contributed by atoms with Crippen LogP contribution in [0.15, 0.2) is 42.5 Å². The smallest absolute Gasteiger partial charge is 0.253 e. The standard InChI is InChI=1S/C28H35F4N5O2/c1-16-7-6-8-18(13-16)15-37-26(34-25(35-37)20-14-19(29)9-10-21(20)30)23(28(3,4)5)36(27(39)17(2)38)12-11-22(33)24(31)32/h6-10,13-14,17,22-24,38H,11-12,15,33H2,1-5H3/t17-,22-,23-/m0/s1. The van der Waals surface area contributed by atoms with Gasteiger partial charge in [0.1, 0.15) is 17.7 Å². The number of halogens is 4. The van der Waals surface area contributed by atoms with Gasteiger partial charge in [-0.1, -0.05) is 50.6 Å². The number of carbonyl (C=O) groups excluding carboxylic acids is 1. The van der Waals surface area contributed by atoms with Gasteiger partial charge >= 0.3 is 0 Å². The van der Waals surface area contributed by atoms with Crippen LogP contribution in [0.5, 0.6) is 0 Å². The number of aliphatic hydroxyl groups excluding tert-OH is 1. The summed E-state index contributed by atoms with van der Waals surface area (Å²) in [5.41, 5.74) is 6.49. The summed E-state index contributed by atoms with van der Waals surface area (Å²) in [6.45, 7) is 8.65. The van der Waals surface area contributed by atoms with Gasteiger partial charge in [0.15, 0.2) is 11.6 Å². The first-order chi connectivity index (χ1) is 18.2. The zero-order chi connectivity index (χ0) is 29.1. The number of aryl methyl sites for hydroxylation is 1. The molecule has 0 saturated heterocycles. The number of hydrogen-bond donors (Lipinski definition) is 2. The first-order valence-electron chi connectivity index (χ1n) is 12.7. The third kappa shape index (κ3) is 7.42. The van der Waals surface area contributed by atoms with Crippen molar-refractivity contribution in [3.63, 3.8) is 0 Å². The van der Waals surface area contributed by atoms with Gasteiger partial charge in [-0.25, -0.2) is 27.2 Å². The fraction of sp³-hybridized carbons (Fsp3) is 0.464. The Morgan fingerprint density at radius 1 is 1.15 bits per heavy atom. The van der Waals surface area contributed by atoms with Crippen LogP contribution >= 0.6 is 0 Å². The molecule has 0 radical (unpaired) electrons. The summed E-state index contributed by atoms with van der Waals surface area (Å²) in [5.74, 6) is -2.00. The van der Waals surface area contributed by atoms with Gasteiger partial charge in [0.2, 0.25) is 0 Å². The first kappa shape index (κ1) is 30.2. The van der Waals surface area contributed by atoms with Crippen LogP contribution < -0.4 is 5.73 Å². The summed E-state index contributed by atoms with van der Waals surface area (Å²) in [7, 11) is 0. The number of hydrogen-bond acceptors (Lipinski definition) is 5. The Kier molecular flexibility index (Phi) is 9.50. The molecule has 1 amide bonds. The van der Waals surface area contributed by atoms with Crippen LogP contribution in [-0.4, -0.2) is 55.8 Å². The van der Waals surface area contributed by atoms with Crippen molar-refractivity contribution in [1.82, 2.24) is 19.7 Å². The number of amides is 1. The molecule has 39 heavy (non-hydrogen) atoms. The molecule has 0 spiro atoms. The van der Waals surface area contributed by atoms with Gasteiger partial charge < -0.3 is 15.7 Å². The van der Waals surface area contributed by atoms with Gasteiger partial charge in [-0.3, -0.25) is 4.79 Å². The summed E-state index contributed by atoms with van der Waals surface area (Å²) >= 11 is 0. The fourth-order valence-electron chi connectivity index (χ4n) is 4.45. The highest BCUT2D eigenvalue weighted by Crippen LogP contribution is 2.39. The van der Waals surface area contributed by atoms with Gasteiger partial charge in [0.05, 0.1) is 24.2 Å². The van der Waals surface area contributed by atoms with Crippen molar-refractivity contribution in [2.75, 3.05) is 6.54 Å². The Morgan fingerprint density at radius 2 is 1.85 bits per heavy atom. The molecule has 0 aliphatic carbocycles. The van der Waals surface area contributed by atoms with Crippen molar-refractivity contribution >= 4 is 5.91 Å². The Labute approximate surface area is 225 Å². The molecule has 0 aliphatic rings. The average molecular weight is 550 g/mol. The predicted octanol–water partition coefficient (Wildman–Crippen LogP) is 4.86. The molecule has 212 valence electrons. The minimum absolute atomic E-state index is 0.0994. The van der Waals surface area contributed by atoms with E-state index >= 15 is 0 Å². The number of aromatic nitrogens is 3. The normalized spacial score (nSPS) is 14.4. The lowest BCUT2D eigenvalue weighted by Crippen LogP contribution is -2.48. The second-order valence-corrected chi connectivity index (χ2v) is 10.8. The van der Waals surface area contributed by atoms with Crippen LogP contribution in [-0.2, 0) is 11.3 Å². The molecule has 7 nitrogen and oxygen atoms in total.